The van der Waals surface area contributed by atoms with Crippen molar-refractivity contribution in [2.45, 2.75) is 18.4 Å². The van der Waals surface area contributed by atoms with Crippen molar-refractivity contribution in [3.63, 3.8) is 0 Å². The highest BCUT2D eigenvalue weighted by Gasteiger charge is 2.47. The average molecular weight is 229 g/mol. The number of hydrogen-bond acceptors (Lipinski definition) is 0. The fourth-order valence-corrected chi connectivity index (χ4v) is 3.71. The van der Waals surface area contributed by atoms with Crippen LogP contribution < -0.4 is 10.6 Å². The fourth-order valence-electron chi connectivity index (χ4n) is 3.71. The van der Waals surface area contributed by atoms with Gasteiger partial charge in [-0.2, -0.15) is 0 Å². The molecule has 1 fully saturated rings. The van der Waals surface area contributed by atoms with Crippen LogP contribution >= 0.6 is 0 Å². The average Bonchev–Trinajstić information content (AvgIpc) is 2.96. The van der Waals surface area contributed by atoms with E-state index in [1.165, 1.54) is 49.1 Å². The van der Waals surface area contributed by atoms with Gasteiger partial charge in [0.05, 0.1) is 25.2 Å². The molecule has 0 radical (unpaired) electrons. The normalized spacial score (nSPS) is 27.8. The van der Waals surface area contributed by atoms with Gasteiger partial charge in [-0.15, -0.1) is 0 Å². The van der Waals surface area contributed by atoms with Crippen molar-refractivity contribution >= 4 is 10.9 Å². The van der Waals surface area contributed by atoms with Gasteiger partial charge in [-0.05, 0) is 11.6 Å². The zero-order chi connectivity index (χ0) is 11.3. The predicted molar refractivity (Wildman–Crippen MR) is 66.7 cm³/mol. The first-order valence-electron chi connectivity index (χ1n) is 6.65. The molecule has 3 heterocycles. The molecular weight excluding hydrogens is 210 g/mol. The lowest BCUT2D eigenvalue weighted by molar-refractivity contribution is -0.763. The second-order valence-corrected chi connectivity index (χ2v) is 5.45. The van der Waals surface area contributed by atoms with Crippen molar-refractivity contribution in [2.75, 3.05) is 19.6 Å². The number of nitrogens with one attached hydrogen (secondary N) is 1. The summed E-state index contributed by atoms with van der Waals surface area (Å²) in [4.78, 5) is 3.70. The Morgan fingerprint density at radius 2 is 2.12 bits per heavy atom. The first kappa shape index (κ1) is 9.68. The molecule has 88 valence electrons. The van der Waals surface area contributed by atoms with Gasteiger partial charge in [0.2, 0.25) is 0 Å². The van der Waals surface area contributed by atoms with Crippen LogP contribution in [0, 0.1) is 0 Å². The van der Waals surface area contributed by atoms with E-state index in [2.05, 4.69) is 39.9 Å². The fraction of sp³-hybridized carbons (Fsp3) is 0.429. The highest BCUT2D eigenvalue weighted by molar-refractivity contribution is 5.85. The molecule has 3 heteroatoms. The number of aromatic nitrogens is 1. The minimum Gasteiger partial charge on any atom is -0.353 e. The van der Waals surface area contributed by atoms with Crippen molar-refractivity contribution in [1.29, 1.82) is 0 Å². The van der Waals surface area contributed by atoms with Crippen LogP contribution in [0.1, 0.15) is 17.7 Å². The van der Waals surface area contributed by atoms with Gasteiger partial charge in [-0.1, -0.05) is 18.2 Å². The van der Waals surface area contributed by atoms with Gasteiger partial charge in [0.1, 0.15) is 6.54 Å². The molecule has 17 heavy (non-hydrogen) atoms. The summed E-state index contributed by atoms with van der Waals surface area (Å²) in [5.74, 6) is 0. The van der Waals surface area contributed by atoms with E-state index in [0.717, 1.165) is 0 Å². The molecule has 1 aromatic carbocycles. The standard InChI is InChI=1S/C14H17N3/c1-2-4-12-10(3-1)11-5-7-16-14(13(11)17-12)6-8-15-9-14/h1-4,15-17H,5-9H2/p+2. The zero-order valence-electron chi connectivity index (χ0n) is 10.00. The molecule has 2 aliphatic heterocycles. The molecule has 3 nitrogen and oxygen atoms in total. The Kier molecular flexibility index (Phi) is 1.90. The van der Waals surface area contributed by atoms with Crippen LogP contribution in [0.3, 0.4) is 0 Å². The SMILES string of the molecule is c1ccc2c3c([nH]c2c1)C1(CC[NH2+]C1)[NH2+]CC3. The van der Waals surface area contributed by atoms with Crippen LogP contribution in [0.4, 0.5) is 0 Å². The van der Waals surface area contributed by atoms with Gasteiger partial charge in [0.25, 0.3) is 0 Å². The Labute approximate surface area is 101 Å². The van der Waals surface area contributed by atoms with Crippen molar-refractivity contribution in [1.82, 2.24) is 4.98 Å². The highest BCUT2D eigenvalue weighted by Crippen LogP contribution is 2.32. The van der Waals surface area contributed by atoms with Crippen LogP contribution in [0.2, 0.25) is 0 Å². The van der Waals surface area contributed by atoms with Crippen LogP contribution in [-0.4, -0.2) is 24.6 Å². The lowest BCUT2D eigenvalue weighted by Gasteiger charge is -2.28. The number of hydrogen-bond donors (Lipinski definition) is 3. The minimum atomic E-state index is 0.340. The van der Waals surface area contributed by atoms with E-state index in [4.69, 9.17) is 0 Å². The van der Waals surface area contributed by atoms with E-state index in [1.807, 2.05) is 0 Å². The molecule has 0 amide bonds. The summed E-state index contributed by atoms with van der Waals surface area (Å²) >= 11 is 0. The summed E-state index contributed by atoms with van der Waals surface area (Å²) in [7, 11) is 0. The van der Waals surface area contributed by atoms with Gasteiger partial charge in [0, 0.05) is 17.3 Å². The number of aromatic amines is 1. The van der Waals surface area contributed by atoms with Gasteiger partial charge < -0.3 is 15.6 Å². The first-order valence-corrected chi connectivity index (χ1v) is 6.65. The molecule has 5 N–H and O–H groups in total. The summed E-state index contributed by atoms with van der Waals surface area (Å²) in [5.41, 5.74) is 4.75. The van der Waals surface area contributed by atoms with Crippen LogP contribution in [0.5, 0.6) is 0 Å². The molecule has 1 spiro atoms. The number of para-hydroxylation sites is 1. The molecule has 1 unspecified atom stereocenters. The number of benzene rings is 1. The third-order valence-electron chi connectivity index (χ3n) is 4.54. The van der Waals surface area contributed by atoms with Crippen LogP contribution in [-0.2, 0) is 12.0 Å². The van der Waals surface area contributed by atoms with Gasteiger partial charge in [-0.3, -0.25) is 0 Å². The number of rotatable bonds is 0. The Hall–Kier alpha value is -1.32. The number of fused-ring (bicyclic) bond motifs is 4. The monoisotopic (exact) mass is 229 g/mol. The molecule has 2 aromatic rings. The molecule has 4 rings (SSSR count). The summed E-state index contributed by atoms with van der Waals surface area (Å²) in [6.07, 6.45) is 2.51. The van der Waals surface area contributed by atoms with Crippen molar-refractivity contribution in [2.24, 2.45) is 0 Å². The molecule has 0 aliphatic carbocycles. The lowest BCUT2D eigenvalue weighted by Crippen LogP contribution is -3.00. The smallest absolute Gasteiger partial charge is 0.191 e. The highest BCUT2D eigenvalue weighted by atomic mass is 15.1. The lowest BCUT2D eigenvalue weighted by atomic mass is 9.86. The number of H-pyrrole nitrogens is 1. The summed E-state index contributed by atoms with van der Waals surface area (Å²) < 4.78 is 0. The third-order valence-corrected chi connectivity index (χ3v) is 4.54. The Morgan fingerprint density at radius 1 is 1.18 bits per heavy atom. The maximum absolute atomic E-state index is 3.70. The van der Waals surface area contributed by atoms with Crippen molar-refractivity contribution < 1.29 is 10.6 Å². The number of nitrogens with two attached hydrogens (primary N) is 2. The van der Waals surface area contributed by atoms with E-state index >= 15 is 0 Å². The minimum absolute atomic E-state index is 0.340. The van der Waals surface area contributed by atoms with E-state index < -0.39 is 0 Å². The molecule has 1 aromatic heterocycles. The summed E-state index contributed by atoms with van der Waals surface area (Å²) in [6, 6.07) is 8.76. The Balaban J connectivity index is 1.99. The van der Waals surface area contributed by atoms with Gasteiger partial charge in [-0.25, -0.2) is 0 Å². The largest absolute Gasteiger partial charge is 0.353 e. The second-order valence-electron chi connectivity index (χ2n) is 5.45. The zero-order valence-corrected chi connectivity index (χ0v) is 10.00. The maximum atomic E-state index is 3.70. The van der Waals surface area contributed by atoms with E-state index in [0.29, 0.717) is 5.54 Å². The van der Waals surface area contributed by atoms with E-state index in [-0.39, 0.29) is 0 Å². The molecular formula is C14H19N3+2. The predicted octanol–water partition coefficient (Wildman–Crippen LogP) is -0.550. The van der Waals surface area contributed by atoms with Gasteiger partial charge >= 0.3 is 0 Å². The second kappa shape index (κ2) is 3.34. The van der Waals surface area contributed by atoms with Crippen LogP contribution in [0.25, 0.3) is 10.9 Å². The number of quaternary nitrogens is 2. The maximum Gasteiger partial charge on any atom is 0.191 e. The topological polar surface area (TPSA) is 49.0 Å². The van der Waals surface area contributed by atoms with Gasteiger partial charge in [0.15, 0.2) is 5.54 Å². The van der Waals surface area contributed by atoms with E-state index in [1.54, 1.807) is 5.56 Å². The Bertz CT molecular complexity index is 564. The molecule has 1 atom stereocenters. The Morgan fingerprint density at radius 3 is 3.00 bits per heavy atom. The first-order chi connectivity index (χ1) is 8.39. The molecule has 1 saturated heterocycles. The molecule has 0 saturated carbocycles. The summed E-state index contributed by atoms with van der Waals surface area (Å²) in [5, 5.41) is 6.47. The van der Waals surface area contributed by atoms with Crippen LogP contribution in [0.15, 0.2) is 24.3 Å². The quantitative estimate of drug-likeness (QED) is 0.543. The third kappa shape index (κ3) is 1.24. The summed E-state index contributed by atoms with van der Waals surface area (Å²) in [6.45, 7) is 3.74. The van der Waals surface area contributed by atoms with Crippen molar-refractivity contribution in [3.8, 4) is 0 Å². The molecule has 0 bridgehead atoms. The van der Waals surface area contributed by atoms with E-state index in [9.17, 15) is 0 Å². The molecule has 2 aliphatic rings. The van der Waals surface area contributed by atoms with Crippen molar-refractivity contribution in [3.05, 3.63) is 35.5 Å².